The molecule has 0 aliphatic heterocycles. The van der Waals surface area contributed by atoms with Crippen molar-refractivity contribution in [2.75, 3.05) is 0 Å². The summed E-state index contributed by atoms with van der Waals surface area (Å²) in [6, 6.07) is 5.80. The van der Waals surface area contributed by atoms with Crippen LogP contribution in [0.25, 0.3) is 0 Å². The minimum Gasteiger partial charge on any atom is -1.00 e. The van der Waals surface area contributed by atoms with Crippen LogP contribution in [0.4, 0.5) is 0 Å². The lowest BCUT2D eigenvalue weighted by Gasteiger charge is -1.93. The molecule has 0 saturated heterocycles. The molecule has 0 bridgehead atoms. The number of carbonyl (C=O) groups is 1. The van der Waals surface area contributed by atoms with Crippen LogP contribution in [0.3, 0.4) is 0 Å². The number of halogens is 1. The first-order valence-corrected chi connectivity index (χ1v) is 3.95. The number of hydrogen-bond donors (Lipinski definition) is 1. The van der Waals surface area contributed by atoms with Gasteiger partial charge in [0.05, 0.1) is 6.42 Å². The highest BCUT2D eigenvalue weighted by Gasteiger charge is 2.00. The highest BCUT2D eigenvalue weighted by molar-refractivity contribution is 5.66. The van der Waals surface area contributed by atoms with Crippen molar-refractivity contribution in [2.24, 2.45) is 0 Å². The number of nitrogens with zero attached hydrogens (tertiary/aromatic N) is 1. The molecule has 0 unspecified atom stereocenters. The maximum atomic E-state index is 10.2. The molecule has 1 heterocycles. The van der Waals surface area contributed by atoms with Gasteiger partial charge in [-0.3, -0.25) is 4.79 Å². The Labute approximate surface area is 87.8 Å². The number of carboxylic acid groups (broad SMARTS) is 1. The van der Waals surface area contributed by atoms with E-state index >= 15 is 0 Å². The first-order chi connectivity index (χ1) is 5.79. The zero-order valence-corrected chi connectivity index (χ0v) is 8.77. The van der Waals surface area contributed by atoms with Crippen LogP contribution in [0, 0.1) is 0 Å². The molecule has 72 valence electrons. The third-order valence-corrected chi connectivity index (χ3v) is 1.58. The molecule has 1 aromatic rings. The van der Waals surface area contributed by atoms with Crippen molar-refractivity contribution in [3.63, 3.8) is 0 Å². The standard InChI is InChI=1S/C9H11NO2.BrH/c11-9(12)5-4-8-10-6-2-1-3-7-10;/h1-3,6-7H,4-5,8H2;1H. The van der Waals surface area contributed by atoms with Gasteiger partial charge in [-0.25, -0.2) is 4.57 Å². The molecule has 0 saturated carbocycles. The molecule has 1 N–H and O–H groups in total. The predicted octanol–water partition coefficient (Wildman–Crippen LogP) is -2.16. The molecule has 4 heteroatoms. The summed E-state index contributed by atoms with van der Waals surface area (Å²) in [4.78, 5) is 10.2. The number of pyridine rings is 1. The normalized spacial score (nSPS) is 8.92. The number of carboxylic acids is 1. The van der Waals surface area contributed by atoms with Gasteiger partial charge in [0.25, 0.3) is 0 Å². The molecule has 13 heavy (non-hydrogen) atoms. The summed E-state index contributed by atoms with van der Waals surface area (Å²) in [6.45, 7) is 0.771. The molecule has 1 aromatic heterocycles. The van der Waals surface area contributed by atoms with Crippen LogP contribution in [0.2, 0.25) is 0 Å². The minimum absolute atomic E-state index is 0. The van der Waals surface area contributed by atoms with Crippen molar-refractivity contribution in [3.8, 4) is 0 Å². The lowest BCUT2D eigenvalue weighted by molar-refractivity contribution is -0.697. The van der Waals surface area contributed by atoms with E-state index in [2.05, 4.69) is 0 Å². The molecule has 0 atom stereocenters. The number of hydrogen-bond acceptors (Lipinski definition) is 1. The molecular formula is C9H12BrNO2. The van der Waals surface area contributed by atoms with E-state index in [0.717, 1.165) is 6.54 Å². The van der Waals surface area contributed by atoms with Crippen molar-refractivity contribution in [2.45, 2.75) is 19.4 Å². The average molecular weight is 246 g/mol. The summed E-state index contributed by atoms with van der Waals surface area (Å²) in [6.07, 6.45) is 4.79. The first-order valence-electron chi connectivity index (χ1n) is 3.95. The highest BCUT2D eigenvalue weighted by atomic mass is 79.9. The van der Waals surface area contributed by atoms with Crippen molar-refractivity contribution >= 4 is 5.97 Å². The number of rotatable bonds is 4. The lowest BCUT2D eigenvalue weighted by atomic mass is 10.3. The third-order valence-electron chi connectivity index (χ3n) is 1.58. The molecular weight excluding hydrogens is 234 g/mol. The SMILES string of the molecule is O=C(O)CCC[n+]1ccccc1.[Br-]. The Bertz CT molecular complexity index is 251. The molecule has 0 radical (unpaired) electrons. The van der Waals surface area contributed by atoms with Crippen LogP contribution in [-0.4, -0.2) is 11.1 Å². The number of aryl methyl sites for hydroxylation is 1. The van der Waals surface area contributed by atoms with Crippen LogP contribution in [0.15, 0.2) is 30.6 Å². The fourth-order valence-electron chi connectivity index (χ4n) is 0.996. The van der Waals surface area contributed by atoms with Crippen molar-refractivity contribution in [1.29, 1.82) is 0 Å². The Kier molecular flexibility index (Phi) is 6.14. The highest BCUT2D eigenvalue weighted by Crippen LogP contribution is 1.88. The largest absolute Gasteiger partial charge is 1.00 e. The molecule has 0 aliphatic carbocycles. The maximum Gasteiger partial charge on any atom is 0.303 e. The summed E-state index contributed by atoms with van der Waals surface area (Å²) in [7, 11) is 0. The summed E-state index contributed by atoms with van der Waals surface area (Å²) >= 11 is 0. The Morgan fingerprint density at radius 3 is 2.38 bits per heavy atom. The Balaban J connectivity index is 0.00000144. The molecule has 1 rings (SSSR count). The molecule has 0 aliphatic rings. The van der Waals surface area contributed by atoms with Crippen molar-refractivity contribution < 1.29 is 31.4 Å². The van der Waals surface area contributed by atoms with Gasteiger partial charge in [0.15, 0.2) is 12.4 Å². The van der Waals surface area contributed by atoms with Crippen LogP contribution in [0.5, 0.6) is 0 Å². The first kappa shape index (κ1) is 12.1. The van der Waals surface area contributed by atoms with E-state index in [0.29, 0.717) is 6.42 Å². The van der Waals surface area contributed by atoms with Crippen molar-refractivity contribution in [3.05, 3.63) is 30.6 Å². The lowest BCUT2D eigenvalue weighted by Crippen LogP contribution is -3.00. The van der Waals surface area contributed by atoms with E-state index in [1.165, 1.54) is 0 Å². The molecule has 0 amide bonds. The van der Waals surface area contributed by atoms with Gasteiger partial charge in [-0.1, -0.05) is 6.07 Å². The summed E-state index contributed by atoms with van der Waals surface area (Å²) in [5, 5.41) is 8.38. The fraction of sp³-hybridized carbons (Fsp3) is 0.333. The average Bonchev–Trinajstić information content (AvgIpc) is 2.05. The second-order valence-electron chi connectivity index (χ2n) is 2.61. The van der Waals surface area contributed by atoms with E-state index in [1.807, 2.05) is 35.2 Å². The monoisotopic (exact) mass is 245 g/mol. The van der Waals surface area contributed by atoms with Gasteiger partial charge < -0.3 is 22.1 Å². The number of aromatic nitrogens is 1. The zero-order valence-electron chi connectivity index (χ0n) is 7.19. The predicted molar refractivity (Wildman–Crippen MR) is 43.5 cm³/mol. The fourth-order valence-corrected chi connectivity index (χ4v) is 0.996. The van der Waals surface area contributed by atoms with E-state index in [4.69, 9.17) is 5.11 Å². The smallest absolute Gasteiger partial charge is 0.303 e. The van der Waals surface area contributed by atoms with Gasteiger partial charge in [-0.15, -0.1) is 0 Å². The summed E-state index contributed by atoms with van der Waals surface area (Å²) in [5.41, 5.74) is 0. The molecule has 0 spiro atoms. The third kappa shape index (κ3) is 5.36. The van der Waals surface area contributed by atoms with Crippen LogP contribution < -0.4 is 21.5 Å². The molecule has 0 fully saturated rings. The quantitative estimate of drug-likeness (QED) is 0.615. The Morgan fingerprint density at radius 2 is 1.85 bits per heavy atom. The summed E-state index contributed by atoms with van der Waals surface area (Å²) in [5.74, 6) is -0.730. The van der Waals surface area contributed by atoms with E-state index in [9.17, 15) is 4.79 Å². The van der Waals surface area contributed by atoms with Gasteiger partial charge >= 0.3 is 5.97 Å². The number of aliphatic carboxylic acids is 1. The van der Waals surface area contributed by atoms with Gasteiger partial charge in [0, 0.05) is 18.6 Å². The maximum absolute atomic E-state index is 10.2. The van der Waals surface area contributed by atoms with E-state index < -0.39 is 5.97 Å². The van der Waals surface area contributed by atoms with Gasteiger partial charge in [-0.05, 0) is 0 Å². The Morgan fingerprint density at radius 1 is 1.23 bits per heavy atom. The van der Waals surface area contributed by atoms with E-state index in [1.54, 1.807) is 0 Å². The molecule has 0 aromatic carbocycles. The van der Waals surface area contributed by atoms with Gasteiger partial charge in [-0.2, -0.15) is 0 Å². The Hall–Kier alpha value is -0.900. The summed E-state index contributed by atoms with van der Waals surface area (Å²) < 4.78 is 1.98. The second kappa shape index (κ2) is 6.60. The van der Waals surface area contributed by atoms with Crippen LogP contribution >= 0.6 is 0 Å². The topological polar surface area (TPSA) is 41.2 Å². The van der Waals surface area contributed by atoms with Crippen molar-refractivity contribution in [1.82, 2.24) is 0 Å². The zero-order chi connectivity index (χ0) is 8.81. The van der Waals surface area contributed by atoms with Gasteiger partial charge in [0.1, 0.15) is 6.54 Å². The van der Waals surface area contributed by atoms with Crippen LogP contribution in [0.1, 0.15) is 12.8 Å². The second-order valence-corrected chi connectivity index (χ2v) is 2.61. The van der Waals surface area contributed by atoms with Crippen LogP contribution in [-0.2, 0) is 11.3 Å². The van der Waals surface area contributed by atoms with Gasteiger partial charge in [0.2, 0.25) is 0 Å². The minimum atomic E-state index is -0.730. The molecule has 3 nitrogen and oxygen atoms in total. The van der Waals surface area contributed by atoms with E-state index in [-0.39, 0.29) is 23.4 Å².